The minimum Gasteiger partial charge on any atom is -0.301 e. The van der Waals surface area contributed by atoms with Gasteiger partial charge in [0.05, 0.1) is 17.2 Å². The van der Waals surface area contributed by atoms with Crippen molar-refractivity contribution in [3.8, 4) is 0 Å². The fourth-order valence-corrected chi connectivity index (χ4v) is 2.26. The molecule has 15 heavy (non-hydrogen) atoms. The molecule has 0 aliphatic rings. The van der Waals surface area contributed by atoms with E-state index in [-0.39, 0.29) is 6.04 Å². The molecule has 0 spiro atoms. The SMILES string of the molecule is Cc1nc(C)c(C(C)NCC(F)(F)F)s1. The summed E-state index contributed by atoms with van der Waals surface area (Å²) >= 11 is 1.43. The molecule has 1 heterocycles. The summed E-state index contributed by atoms with van der Waals surface area (Å²) in [6, 6.07) is -0.308. The van der Waals surface area contributed by atoms with Crippen molar-refractivity contribution in [3.05, 3.63) is 15.6 Å². The van der Waals surface area contributed by atoms with Crippen molar-refractivity contribution in [2.24, 2.45) is 0 Å². The van der Waals surface area contributed by atoms with Crippen LogP contribution in [0.15, 0.2) is 0 Å². The van der Waals surface area contributed by atoms with Crippen LogP contribution in [0.2, 0.25) is 0 Å². The molecule has 0 aromatic carbocycles. The molecule has 1 aromatic heterocycles. The highest BCUT2D eigenvalue weighted by Gasteiger charge is 2.28. The van der Waals surface area contributed by atoms with Crippen molar-refractivity contribution in [2.45, 2.75) is 33.0 Å². The number of rotatable bonds is 3. The zero-order valence-electron chi connectivity index (χ0n) is 8.77. The van der Waals surface area contributed by atoms with E-state index in [2.05, 4.69) is 10.3 Å². The average molecular weight is 238 g/mol. The first kappa shape index (κ1) is 12.4. The van der Waals surface area contributed by atoms with E-state index in [0.717, 1.165) is 15.6 Å². The van der Waals surface area contributed by atoms with Crippen LogP contribution in [-0.4, -0.2) is 17.7 Å². The number of alkyl halides is 3. The van der Waals surface area contributed by atoms with Gasteiger partial charge in [0.25, 0.3) is 0 Å². The summed E-state index contributed by atoms with van der Waals surface area (Å²) in [5.74, 6) is 0. The van der Waals surface area contributed by atoms with Gasteiger partial charge in [0.2, 0.25) is 0 Å². The Morgan fingerprint density at radius 3 is 2.40 bits per heavy atom. The van der Waals surface area contributed by atoms with Gasteiger partial charge in [-0.25, -0.2) is 4.98 Å². The molecule has 0 fully saturated rings. The Bertz CT molecular complexity index is 333. The molecule has 6 heteroatoms. The molecule has 0 amide bonds. The molecule has 0 saturated carbocycles. The third-order valence-corrected chi connectivity index (χ3v) is 3.20. The summed E-state index contributed by atoms with van der Waals surface area (Å²) in [4.78, 5) is 5.05. The lowest BCUT2D eigenvalue weighted by Gasteiger charge is -2.14. The van der Waals surface area contributed by atoms with Crippen LogP contribution >= 0.6 is 11.3 Å². The molecule has 0 bridgehead atoms. The molecule has 0 radical (unpaired) electrons. The van der Waals surface area contributed by atoms with Gasteiger partial charge in [-0.3, -0.25) is 0 Å². The molecule has 1 N–H and O–H groups in total. The van der Waals surface area contributed by atoms with Gasteiger partial charge in [-0.1, -0.05) is 0 Å². The van der Waals surface area contributed by atoms with Crippen LogP contribution in [0.25, 0.3) is 0 Å². The average Bonchev–Trinajstić information content (AvgIpc) is 2.40. The zero-order chi connectivity index (χ0) is 11.6. The van der Waals surface area contributed by atoms with Crippen molar-refractivity contribution in [2.75, 3.05) is 6.54 Å². The molecule has 0 aliphatic heterocycles. The molecule has 1 rings (SSSR count). The number of aromatic nitrogens is 1. The Balaban J connectivity index is 2.61. The zero-order valence-corrected chi connectivity index (χ0v) is 9.59. The number of nitrogens with one attached hydrogen (secondary N) is 1. The normalized spacial score (nSPS) is 14.3. The summed E-state index contributed by atoms with van der Waals surface area (Å²) in [6.07, 6.45) is -4.16. The molecule has 0 saturated heterocycles. The minimum absolute atomic E-state index is 0.308. The second-order valence-electron chi connectivity index (χ2n) is 3.40. The van der Waals surface area contributed by atoms with E-state index in [1.807, 2.05) is 13.8 Å². The predicted octanol–water partition coefficient (Wildman–Crippen LogP) is 2.97. The highest BCUT2D eigenvalue weighted by molar-refractivity contribution is 7.11. The van der Waals surface area contributed by atoms with Crippen LogP contribution in [0.5, 0.6) is 0 Å². The van der Waals surface area contributed by atoms with E-state index >= 15 is 0 Å². The molecular weight excluding hydrogens is 225 g/mol. The molecule has 1 atom stereocenters. The number of aryl methyl sites for hydroxylation is 2. The number of thiazole rings is 1. The summed E-state index contributed by atoms with van der Waals surface area (Å²) in [7, 11) is 0. The molecular formula is C9H13F3N2S. The molecule has 0 aliphatic carbocycles. The van der Waals surface area contributed by atoms with Crippen molar-refractivity contribution < 1.29 is 13.2 Å². The molecule has 86 valence electrons. The standard InChI is InChI=1S/C9H13F3N2S/c1-5(13-4-9(10,11)12)8-6(2)14-7(3)15-8/h5,13H,4H2,1-3H3. The Morgan fingerprint density at radius 2 is 2.00 bits per heavy atom. The lowest BCUT2D eigenvalue weighted by molar-refractivity contribution is -0.126. The second kappa shape index (κ2) is 4.49. The number of hydrogen-bond donors (Lipinski definition) is 1. The fraction of sp³-hybridized carbons (Fsp3) is 0.667. The van der Waals surface area contributed by atoms with Crippen molar-refractivity contribution in [1.82, 2.24) is 10.3 Å². The van der Waals surface area contributed by atoms with Gasteiger partial charge in [-0.05, 0) is 20.8 Å². The van der Waals surface area contributed by atoms with E-state index < -0.39 is 12.7 Å². The monoisotopic (exact) mass is 238 g/mol. The van der Waals surface area contributed by atoms with Crippen molar-refractivity contribution >= 4 is 11.3 Å². The third-order valence-electron chi connectivity index (χ3n) is 1.94. The molecule has 1 unspecified atom stereocenters. The smallest absolute Gasteiger partial charge is 0.301 e. The van der Waals surface area contributed by atoms with Gasteiger partial charge in [0.15, 0.2) is 0 Å². The van der Waals surface area contributed by atoms with E-state index in [4.69, 9.17) is 0 Å². The number of nitrogens with zero attached hydrogens (tertiary/aromatic N) is 1. The first-order valence-corrected chi connectivity index (χ1v) is 5.35. The highest BCUT2D eigenvalue weighted by atomic mass is 32.1. The summed E-state index contributed by atoms with van der Waals surface area (Å²) in [5, 5.41) is 3.32. The largest absolute Gasteiger partial charge is 0.401 e. The van der Waals surface area contributed by atoms with Gasteiger partial charge in [-0.15, -0.1) is 11.3 Å². The van der Waals surface area contributed by atoms with Gasteiger partial charge >= 0.3 is 6.18 Å². The maximum absolute atomic E-state index is 12.0. The van der Waals surface area contributed by atoms with Gasteiger partial charge in [0.1, 0.15) is 0 Å². The van der Waals surface area contributed by atoms with Crippen LogP contribution in [0.3, 0.4) is 0 Å². The van der Waals surface area contributed by atoms with E-state index in [9.17, 15) is 13.2 Å². The van der Waals surface area contributed by atoms with Crippen LogP contribution in [0.4, 0.5) is 13.2 Å². The fourth-order valence-electron chi connectivity index (χ4n) is 1.31. The Labute approximate surface area is 90.5 Å². The predicted molar refractivity (Wildman–Crippen MR) is 54.1 cm³/mol. The van der Waals surface area contributed by atoms with Crippen molar-refractivity contribution in [3.63, 3.8) is 0 Å². The highest BCUT2D eigenvalue weighted by Crippen LogP contribution is 2.25. The topological polar surface area (TPSA) is 24.9 Å². The van der Waals surface area contributed by atoms with E-state index in [1.54, 1.807) is 6.92 Å². The minimum atomic E-state index is -4.16. The lowest BCUT2D eigenvalue weighted by Crippen LogP contribution is -2.30. The molecule has 1 aromatic rings. The Hall–Kier alpha value is -0.620. The summed E-state index contributed by atoms with van der Waals surface area (Å²) < 4.78 is 35.9. The van der Waals surface area contributed by atoms with Crippen LogP contribution < -0.4 is 5.32 Å². The van der Waals surface area contributed by atoms with Crippen LogP contribution in [-0.2, 0) is 0 Å². The van der Waals surface area contributed by atoms with Gasteiger partial charge in [0, 0.05) is 10.9 Å². The summed E-state index contributed by atoms with van der Waals surface area (Å²) in [5.41, 5.74) is 0.805. The van der Waals surface area contributed by atoms with E-state index in [0.29, 0.717) is 0 Å². The van der Waals surface area contributed by atoms with Gasteiger partial charge < -0.3 is 5.32 Å². The van der Waals surface area contributed by atoms with Crippen LogP contribution in [0.1, 0.15) is 28.5 Å². The number of halogens is 3. The maximum atomic E-state index is 12.0. The maximum Gasteiger partial charge on any atom is 0.401 e. The van der Waals surface area contributed by atoms with Crippen molar-refractivity contribution in [1.29, 1.82) is 0 Å². The molecule has 2 nitrogen and oxygen atoms in total. The first-order chi connectivity index (χ1) is 6.79. The summed E-state index contributed by atoms with van der Waals surface area (Å²) in [6.45, 7) is 4.40. The van der Waals surface area contributed by atoms with Gasteiger partial charge in [-0.2, -0.15) is 13.2 Å². The third kappa shape index (κ3) is 3.79. The van der Waals surface area contributed by atoms with Crippen LogP contribution in [0, 0.1) is 13.8 Å². The first-order valence-electron chi connectivity index (χ1n) is 4.53. The quantitative estimate of drug-likeness (QED) is 0.875. The number of hydrogen-bond acceptors (Lipinski definition) is 3. The lowest BCUT2D eigenvalue weighted by atomic mass is 10.2. The Kier molecular flexibility index (Phi) is 3.72. The van der Waals surface area contributed by atoms with E-state index in [1.165, 1.54) is 11.3 Å². The second-order valence-corrected chi connectivity index (χ2v) is 4.64. The Morgan fingerprint density at radius 1 is 1.40 bits per heavy atom.